The second kappa shape index (κ2) is 8.10. The molecule has 0 saturated carbocycles. The molecule has 1 aromatic rings. The zero-order valence-electron chi connectivity index (χ0n) is 10.7. The van der Waals surface area contributed by atoms with E-state index in [9.17, 15) is 9.59 Å². The highest BCUT2D eigenvalue weighted by atomic mass is 16.5. The van der Waals surface area contributed by atoms with E-state index < -0.39 is 12.6 Å². The zero-order valence-corrected chi connectivity index (χ0v) is 10.7. The van der Waals surface area contributed by atoms with Crippen molar-refractivity contribution in [2.24, 2.45) is 0 Å². The summed E-state index contributed by atoms with van der Waals surface area (Å²) in [5.74, 6) is -0.711. The summed E-state index contributed by atoms with van der Waals surface area (Å²) < 4.78 is 10.0. The molecule has 6 heteroatoms. The Morgan fingerprint density at radius 3 is 2.79 bits per heavy atom. The van der Waals surface area contributed by atoms with Crippen LogP contribution < -0.4 is 10.1 Å². The van der Waals surface area contributed by atoms with Crippen molar-refractivity contribution < 1.29 is 24.2 Å². The van der Waals surface area contributed by atoms with E-state index in [2.05, 4.69) is 10.1 Å². The van der Waals surface area contributed by atoms with Crippen LogP contribution in [0.2, 0.25) is 0 Å². The number of amides is 1. The SMILES string of the molecule is CCOc1cccc(CNC(=O)COCC(=O)O)c1. The number of carbonyl (C=O) groups excluding carboxylic acids is 1. The van der Waals surface area contributed by atoms with Crippen molar-refractivity contribution in [1.29, 1.82) is 0 Å². The van der Waals surface area contributed by atoms with Gasteiger partial charge < -0.3 is 19.9 Å². The fraction of sp³-hybridized carbons (Fsp3) is 0.385. The van der Waals surface area contributed by atoms with E-state index in [4.69, 9.17) is 9.84 Å². The van der Waals surface area contributed by atoms with Crippen LogP contribution in [0, 0.1) is 0 Å². The van der Waals surface area contributed by atoms with Crippen LogP contribution >= 0.6 is 0 Å². The summed E-state index contributed by atoms with van der Waals surface area (Å²) in [7, 11) is 0. The summed E-state index contributed by atoms with van der Waals surface area (Å²) in [6.07, 6.45) is 0. The van der Waals surface area contributed by atoms with Crippen molar-refractivity contribution in [3.05, 3.63) is 29.8 Å². The average molecular weight is 267 g/mol. The molecule has 19 heavy (non-hydrogen) atoms. The topological polar surface area (TPSA) is 84.9 Å². The number of aliphatic carboxylic acids is 1. The maximum absolute atomic E-state index is 11.3. The summed E-state index contributed by atoms with van der Waals surface area (Å²) in [6, 6.07) is 7.38. The molecule has 6 nitrogen and oxygen atoms in total. The van der Waals surface area contributed by atoms with Crippen LogP contribution in [-0.4, -0.2) is 36.8 Å². The number of benzene rings is 1. The molecule has 2 N–H and O–H groups in total. The molecule has 1 rings (SSSR count). The first-order chi connectivity index (χ1) is 9.11. The van der Waals surface area contributed by atoms with Gasteiger partial charge in [0.2, 0.25) is 5.91 Å². The molecule has 0 aromatic heterocycles. The second-order valence-corrected chi connectivity index (χ2v) is 3.74. The number of hydrogen-bond acceptors (Lipinski definition) is 4. The van der Waals surface area contributed by atoms with E-state index in [1.807, 2.05) is 31.2 Å². The molecule has 0 spiro atoms. The molecule has 0 fully saturated rings. The van der Waals surface area contributed by atoms with Crippen molar-refractivity contribution in [3.63, 3.8) is 0 Å². The van der Waals surface area contributed by atoms with Crippen LogP contribution in [0.5, 0.6) is 5.75 Å². The molecule has 0 saturated heterocycles. The predicted molar refractivity (Wildman–Crippen MR) is 67.9 cm³/mol. The molecule has 0 bridgehead atoms. The van der Waals surface area contributed by atoms with E-state index in [0.29, 0.717) is 13.2 Å². The van der Waals surface area contributed by atoms with Gasteiger partial charge in [0.1, 0.15) is 19.0 Å². The lowest BCUT2D eigenvalue weighted by atomic mass is 10.2. The molecule has 0 heterocycles. The summed E-state index contributed by atoms with van der Waals surface area (Å²) in [4.78, 5) is 21.5. The standard InChI is InChI=1S/C13H17NO5/c1-2-19-11-5-3-4-10(6-11)7-14-12(15)8-18-9-13(16)17/h3-6H,2,7-9H2,1H3,(H,14,15)(H,16,17). The molecule has 0 atom stereocenters. The Morgan fingerprint density at radius 2 is 2.11 bits per heavy atom. The monoisotopic (exact) mass is 267 g/mol. The summed E-state index contributed by atoms with van der Waals surface area (Å²) in [6.45, 7) is 2.08. The summed E-state index contributed by atoms with van der Waals surface area (Å²) in [5, 5.41) is 11.0. The Hall–Kier alpha value is -2.08. The normalized spacial score (nSPS) is 9.95. The van der Waals surface area contributed by atoms with Gasteiger partial charge in [0.05, 0.1) is 6.61 Å². The van der Waals surface area contributed by atoms with E-state index in [-0.39, 0.29) is 12.5 Å². The van der Waals surface area contributed by atoms with Gasteiger partial charge in [-0.25, -0.2) is 4.79 Å². The molecule has 1 amide bonds. The molecule has 0 aliphatic carbocycles. The molecular weight excluding hydrogens is 250 g/mol. The minimum atomic E-state index is -1.10. The van der Waals surface area contributed by atoms with Crippen LogP contribution in [-0.2, 0) is 20.9 Å². The van der Waals surface area contributed by atoms with E-state index in [1.165, 1.54) is 0 Å². The fourth-order valence-electron chi connectivity index (χ4n) is 1.39. The third kappa shape index (κ3) is 6.42. The average Bonchev–Trinajstić information content (AvgIpc) is 2.37. The van der Waals surface area contributed by atoms with Gasteiger partial charge in [-0.3, -0.25) is 4.79 Å². The highest BCUT2D eigenvalue weighted by Crippen LogP contribution is 2.12. The first kappa shape index (κ1) is 15.0. The quantitative estimate of drug-likeness (QED) is 0.728. The van der Waals surface area contributed by atoms with E-state index in [0.717, 1.165) is 11.3 Å². The largest absolute Gasteiger partial charge is 0.494 e. The van der Waals surface area contributed by atoms with Crippen molar-refractivity contribution >= 4 is 11.9 Å². The molecule has 1 aromatic carbocycles. The van der Waals surface area contributed by atoms with Crippen LogP contribution in [0.1, 0.15) is 12.5 Å². The number of nitrogens with one attached hydrogen (secondary N) is 1. The molecule has 0 aliphatic heterocycles. The Bertz CT molecular complexity index is 433. The third-order valence-corrected chi connectivity index (χ3v) is 2.16. The molecule has 0 radical (unpaired) electrons. The number of ether oxygens (including phenoxy) is 2. The lowest BCUT2D eigenvalue weighted by Gasteiger charge is -2.07. The van der Waals surface area contributed by atoms with E-state index in [1.54, 1.807) is 0 Å². The second-order valence-electron chi connectivity index (χ2n) is 3.74. The Morgan fingerprint density at radius 1 is 1.32 bits per heavy atom. The predicted octanol–water partition coefficient (Wildman–Crippen LogP) is 0.803. The van der Waals surface area contributed by atoms with Crippen LogP contribution in [0.4, 0.5) is 0 Å². The van der Waals surface area contributed by atoms with Gasteiger partial charge in [-0.1, -0.05) is 12.1 Å². The van der Waals surface area contributed by atoms with Crippen molar-refractivity contribution in [3.8, 4) is 5.75 Å². The minimum Gasteiger partial charge on any atom is -0.494 e. The highest BCUT2D eigenvalue weighted by Gasteiger charge is 2.04. The lowest BCUT2D eigenvalue weighted by molar-refractivity contribution is -0.143. The van der Waals surface area contributed by atoms with Gasteiger partial charge in [-0.05, 0) is 24.6 Å². The third-order valence-electron chi connectivity index (χ3n) is 2.16. The van der Waals surface area contributed by atoms with Crippen molar-refractivity contribution in [1.82, 2.24) is 5.32 Å². The van der Waals surface area contributed by atoms with Gasteiger partial charge >= 0.3 is 5.97 Å². The fourth-order valence-corrected chi connectivity index (χ4v) is 1.39. The maximum Gasteiger partial charge on any atom is 0.329 e. The van der Waals surface area contributed by atoms with Crippen LogP contribution in [0.3, 0.4) is 0 Å². The first-order valence-electron chi connectivity index (χ1n) is 5.89. The van der Waals surface area contributed by atoms with Crippen molar-refractivity contribution in [2.75, 3.05) is 19.8 Å². The Labute approximate surface area is 111 Å². The molecular formula is C13H17NO5. The summed E-state index contributed by atoms with van der Waals surface area (Å²) >= 11 is 0. The van der Waals surface area contributed by atoms with Gasteiger partial charge in [-0.15, -0.1) is 0 Å². The Kier molecular flexibility index (Phi) is 6.38. The van der Waals surface area contributed by atoms with Gasteiger partial charge in [0.15, 0.2) is 0 Å². The number of hydrogen-bond donors (Lipinski definition) is 2. The smallest absolute Gasteiger partial charge is 0.329 e. The lowest BCUT2D eigenvalue weighted by Crippen LogP contribution is -2.28. The van der Waals surface area contributed by atoms with Gasteiger partial charge in [-0.2, -0.15) is 0 Å². The Balaban J connectivity index is 2.33. The van der Waals surface area contributed by atoms with Gasteiger partial charge in [0, 0.05) is 6.54 Å². The minimum absolute atomic E-state index is 0.266. The number of rotatable bonds is 8. The molecule has 0 aliphatic rings. The van der Waals surface area contributed by atoms with Crippen LogP contribution in [0.25, 0.3) is 0 Å². The van der Waals surface area contributed by atoms with Crippen molar-refractivity contribution in [2.45, 2.75) is 13.5 Å². The number of carboxylic acid groups (broad SMARTS) is 1. The number of carboxylic acids is 1. The van der Waals surface area contributed by atoms with Crippen LogP contribution in [0.15, 0.2) is 24.3 Å². The molecule has 0 unspecified atom stereocenters. The highest BCUT2D eigenvalue weighted by molar-refractivity contribution is 5.77. The van der Waals surface area contributed by atoms with E-state index >= 15 is 0 Å². The molecule has 104 valence electrons. The first-order valence-corrected chi connectivity index (χ1v) is 5.89. The maximum atomic E-state index is 11.3. The number of carbonyl (C=O) groups is 2. The summed E-state index contributed by atoms with van der Waals surface area (Å²) in [5.41, 5.74) is 0.900. The zero-order chi connectivity index (χ0) is 14.1. The van der Waals surface area contributed by atoms with Gasteiger partial charge in [0.25, 0.3) is 0 Å².